The molecule has 0 aliphatic rings. The number of hydrogen-bond donors (Lipinski definition) is 1. The number of aryl methyl sites for hydroxylation is 1. The number of hydrogen-bond acceptors (Lipinski definition) is 3. The molecule has 0 N–H and O–H groups in total. The molecule has 1 aromatic heterocycles. The Morgan fingerprint density at radius 1 is 1.43 bits per heavy atom. The van der Waals surface area contributed by atoms with Crippen molar-refractivity contribution in [2.45, 2.75) is 23.1 Å². The van der Waals surface area contributed by atoms with E-state index in [1.54, 1.807) is 11.3 Å². The maximum atomic E-state index is 4.51. The number of benzene rings is 1. The van der Waals surface area contributed by atoms with Crippen LogP contribution in [0.2, 0.25) is 0 Å². The molecule has 0 spiro atoms. The topological polar surface area (TPSA) is 0 Å². The third kappa shape index (κ3) is 1.58. The first-order valence-electron chi connectivity index (χ1n) is 4.54. The van der Waals surface area contributed by atoms with Gasteiger partial charge in [-0.15, -0.1) is 35.7 Å². The van der Waals surface area contributed by atoms with Gasteiger partial charge in [0, 0.05) is 25.3 Å². The minimum absolute atomic E-state index is 1.08. The molecule has 1 heterocycles. The SMILES string of the molecule is CCc1c(SC)ccc2scc(S)c12. The molecule has 0 unspecified atom stereocenters. The van der Waals surface area contributed by atoms with Gasteiger partial charge in [0.25, 0.3) is 0 Å². The molecule has 74 valence electrons. The highest BCUT2D eigenvalue weighted by Crippen LogP contribution is 2.36. The average Bonchev–Trinajstić information content (AvgIpc) is 2.59. The van der Waals surface area contributed by atoms with Crippen molar-refractivity contribution in [1.29, 1.82) is 0 Å². The van der Waals surface area contributed by atoms with Gasteiger partial charge in [0.2, 0.25) is 0 Å². The molecule has 0 nitrogen and oxygen atoms in total. The lowest BCUT2D eigenvalue weighted by molar-refractivity contribution is 1.10. The lowest BCUT2D eigenvalue weighted by atomic mass is 10.1. The molecule has 0 saturated heterocycles. The van der Waals surface area contributed by atoms with E-state index >= 15 is 0 Å². The Morgan fingerprint density at radius 3 is 2.86 bits per heavy atom. The van der Waals surface area contributed by atoms with Gasteiger partial charge < -0.3 is 0 Å². The van der Waals surface area contributed by atoms with E-state index in [9.17, 15) is 0 Å². The van der Waals surface area contributed by atoms with Crippen LogP contribution in [0.4, 0.5) is 0 Å². The Hall–Kier alpha value is -0.120. The molecule has 0 aliphatic heterocycles. The van der Waals surface area contributed by atoms with Crippen LogP contribution in [0.3, 0.4) is 0 Å². The number of thiol groups is 1. The van der Waals surface area contributed by atoms with Crippen molar-refractivity contribution < 1.29 is 0 Å². The summed E-state index contributed by atoms with van der Waals surface area (Å²) >= 11 is 8.11. The average molecular weight is 240 g/mol. The summed E-state index contributed by atoms with van der Waals surface area (Å²) in [7, 11) is 0. The van der Waals surface area contributed by atoms with Crippen molar-refractivity contribution in [2.24, 2.45) is 0 Å². The van der Waals surface area contributed by atoms with Gasteiger partial charge in [-0.1, -0.05) is 6.92 Å². The second-order valence-corrected chi connectivity index (χ2v) is 5.34. The molecule has 0 bridgehead atoms. The van der Waals surface area contributed by atoms with Gasteiger partial charge >= 0.3 is 0 Å². The summed E-state index contributed by atoms with van der Waals surface area (Å²) in [6.45, 7) is 2.21. The van der Waals surface area contributed by atoms with Crippen molar-refractivity contribution in [3.63, 3.8) is 0 Å². The molecule has 0 radical (unpaired) electrons. The third-order valence-electron chi connectivity index (χ3n) is 2.36. The van der Waals surface area contributed by atoms with E-state index in [0.717, 1.165) is 11.3 Å². The number of fused-ring (bicyclic) bond motifs is 1. The van der Waals surface area contributed by atoms with Crippen molar-refractivity contribution in [2.75, 3.05) is 6.26 Å². The summed E-state index contributed by atoms with van der Waals surface area (Å²) in [5, 5.41) is 3.48. The fourth-order valence-corrected chi connectivity index (χ4v) is 3.75. The number of rotatable bonds is 2. The summed E-state index contributed by atoms with van der Waals surface area (Å²) < 4.78 is 1.35. The molecule has 2 rings (SSSR count). The molecule has 0 aliphatic carbocycles. The Labute approximate surface area is 98.1 Å². The largest absolute Gasteiger partial charge is 0.143 e. The van der Waals surface area contributed by atoms with Crippen LogP contribution in [-0.4, -0.2) is 6.26 Å². The molecule has 0 amide bonds. The van der Waals surface area contributed by atoms with E-state index in [4.69, 9.17) is 0 Å². The van der Waals surface area contributed by atoms with Crippen molar-refractivity contribution in [3.05, 3.63) is 23.1 Å². The summed E-state index contributed by atoms with van der Waals surface area (Å²) in [6.07, 6.45) is 3.21. The highest BCUT2D eigenvalue weighted by molar-refractivity contribution is 7.98. The number of thioether (sulfide) groups is 1. The summed E-state index contributed by atoms with van der Waals surface area (Å²) in [5.74, 6) is 0. The van der Waals surface area contributed by atoms with Crippen LogP contribution < -0.4 is 0 Å². The monoisotopic (exact) mass is 240 g/mol. The Balaban J connectivity index is 2.81. The summed E-state index contributed by atoms with van der Waals surface area (Å²) in [5.41, 5.74) is 1.45. The van der Waals surface area contributed by atoms with E-state index in [2.05, 4.69) is 43.3 Å². The molecular weight excluding hydrogens is 228 g/mol. The van der Waals surface area contributed by atoms with Crippen LogP contribution in [0.15, 0.2) is 27.3 Å². The van der Waals surface area contributed by atoms with Crippen molar-refractivity contribution in [1.82, 2.24) is 0 Å². The van der Waals surface area contributed by atoms with Crippen LogP contribution in [0, 0.1) is 0 Å². The van der Waals surface area contributed by atoms with Gasteiger partial charge in [0.05, 0.1) is 0 Å². The van der Waals surface area contributed by atoms with E-state index in [0.29, 0.717) is 0 Å². The zero-order valence-corrected chi connectivity index (χ0v) is 10.7. The Morgan fingerprint density at radius 2 is 2.21 bits per heavy atom. The minimum atomic E-state index is 1.08. The lowest BCUT2D eigenvalue weighted by Gasteiger charge is -2.07. The molecule has 1 aromatic carbocycles. The van der Waals surface area contributed by atoms with Crippen LogP contribution in [0.25, 0.3) is 10.1 Å². The van der Waals surface area contributed by atoms with Crippen LogP contribution in [-0.2, 0) is 6.42 Å². The molecule has 2 aromatic rings. The maximum absolute atomic E-state index is 4.51. The molecule has 0 atom stereocenters. The summed E-state index contributed by atoms with van der Waals surface area (Å²) in [6, 6.07) is 4.42. The second-order valence-electron chi connectivity index (χ2n) is 3.09. The van der Waals surface area contributed by atoms with Crippen LogP contribution in [0.5, 0.6) is 0 Å². The first-order chi connectivity index (χ1) is 6.77. The zero-order valence-electron chi connectivity index (χ0n) is 8.20. The highest BCUT2D eigenvalue weighted by atomic mass is 32.2. The normalized spacial score (nSPS) is 11.1. The minimum Gasteiger partial charge on any atom is -0.143 e. The quantitative estimate of drug-likeness (QED) is 0.597. The van der Waals surface area contributed by atoms with Crippen molar-refractivity contribution >= 4 is 45.8 Å². The van der Waals surface area contributed by atoms with Crippen LogP contribution >= 0.6 is 35.7 Å². The Bertz CT molecular complexity index is 457. The lowest BCUT2D eigenvalue weighted by Crippen LogP contribution is -1.85. The van der Waals surface area contributed by atoms with Gasteiger partial charge in [0.1, 0.15) is 0 Å². The fourth-order valence-electron chi connectivity index (χ4n) is 1.71. The second kappa shape index (κ2) is 4.17. The van der Waals surface area contributed by atoms with Crippen molar-refractivity contribution in [3.8, 4) is 0 Å². The zero-order chi connectivity index (χ0) is 10.1. The third-order valence-corrected chi connectivity index (χ3v) is 4.66. The first kappa shape index (κ1) is 10.4. The fraction of sp³-hybridized carbons (Fsp3) is 0.273. The van der Waals surface area contributed by atoms with E-state index in [1.165, 1.54) is 20.5 Å². The van der Waals surface area contributed by atoms with Gasteiger partial charge in [-0.2, -0.15) is 0 Å². The molecule has 0 fully saturated rings. The predicted octanol–water partition coefficient (Wildman–Crippen LogP) is 4.47. The van der Waals surface area contributed by atoms with Gasteiger partial charge in [-0.25, -0.2) is 0 Å². The maximum Gasteiger partial charge on any atom is 0.0357 e. The molecular formula is C11H12S3. The standard InChI is InChI=1S/C11H12S3/c1-3-7-9(13-2)4-5-10-11(7)8(12)6-14-10/h4-6,12H,3H2,1-2H3. The smallest absolute Gasteiger partial charge is 0.0357 e. The summed E-state index contributed by atoms with van der Waals surface area (Å²) in [4.78, 5) is 2.51. The molecule has 0 saturated carbocycles. The Kier molecular flexibility index (Phi) is 3.10. The number of thiophene rings is 1. The van der Waals surface area contributed by atoms with E-state index < -0.39 is 0 Å². The first-order valence-corrected chi connectivity index (χ1v) is 7.09. The molecule has 14 heavy (non-hydrogen) atoms. The highest BCUT2D eigenvalue weighted by Gasteiger charge is 2.09. The predicted molar refractivity (Wildman–Crippen MR) is 70.2 cm³/mol. The van der Waals surface area contributed by atoms with Gasteiger partial charge in [-0.3, -0.25) is 0 Å². The van der Waals surface area contributed by atoms with E-state index in [-0.39, 0.29) is 0 Å². The van der Waals surface area contributed by atoms with E-state index in [1.807, 2.05) is 11.8 Å². The van der Waals surface area contributed by atoms with Gasteiger partial charge in [0.15, 0.2) is 0 Å². The van der Waals surface area contributed by atoms with Gasteiger partial charge in [-0.05, 0) is 30.4 Å². The molecule has 3 heteroatoms. The van der Waals surface area contributed by atoms with Crippen LogP contribution in [0.1, 0.15) is 12.5 Å².